The summed E-state index contributed by atoms with van der Waals surface area (Å²) in [5, 5.41) is 0. The third-order valence-electron chi connectivity index (χ3n) is 3.99. The molecule has 0 saturated heterocycles. The maximum Gasteiger partial charge on any atom is 0.269 e. The topological polar surface area (TPSA) is 53.5 Å². The van der Waals surface area contributed by atoms with Crippen LogP contribution in [0.15, 0.2) is 53.5 Å². The summed E-state index contributed by atoms with van der Waals surface area (Å²) in [6.45, 7) is 6.10. The minimum atomic E-state index is -0.190. The summed E-state index contributed by atoms with van der Waals surface area (Å²) in [5.41, 5.74) is 9.46. The van der Waals surface area contributed by atoms with Gasteiger partial charge in [0.05, 0.1) is 5.54 Å². The highest BCUT2D eigenvalue weighted by molar-refractivity contribution is 6.03. The normalized spacial score (nSPS) is 15.3. The monoisotopic (exact) mass is 307 g/mol. The van der Waals surface area contributed by atoms with E-state index in [-0.39, 0.29) is 11.4 Å². The molecule has 0 bridgehead atoms. The Hall–Kier alpha value is -2.62. The fourth-order valence-electron chi connectivity index (χ4n) is 2.88. The van der Waals surface area contributed by atoms with Crippen LogP contribution in [0.5, 0.6) is 0 Å². The second-order valence-electron chi connectivity index (χ2n) is 6.50. The van der Waals surface area contributed by atoms with E-state index in [9.17, 15) is 4.79 Å². The zero-order valence-corrected chi connectivity index (χ0v) is 13.7. The zero-order chi connectivity index (χ0) is 16.4. The molecule has 3 rings (SSSR count). The number of nitrogens with one attached hydrogen (secondary N) is 2. The van der Waals surface area contributed by atoms with Crippen LogP contribution in [0, 0.1) is 6.92 Å². The lowest BCUT2D eigenvalue weighted by molar-refractivity contribution is 0.0943. The standard InChI is InChI=1S/C19H21N3O/c1-13-8-4-6-10-15(13)18(23)22-21-17-16-11-7-5-9-14(16)12-19(2,3)20-17/h4-11H,12H2,1-3H3,(H,20,21)(H,22,23). The van der Waals surface area contributed by atoms with Crippen molar-refractivity contribution in [2.45, 2.75) is 32.7 Å². The number of amides is 1. The number of hydrogen-bond donors (Lipinski definition) is 2. The van der Waals surface area contributed by atoms with Crippen molar-refractivity contribution in [1.29, 1.82) is 0 Å². The zero-order valence-electron chi connectivity index (χ0n) is 13.7. The molecule has 0 aromatic heterocycles. The molecule has 1 heterocycles. The van der Waals surface area contributed by atoms with E-state index in [0.717, 1.165) is 17.5 Å². The first-order valence-electron chi connectivity index (χ1n) is 7.76. The fourth-order valence-corrected chi connectivity index (χ4v) is 2.88. The van der Waals surface area contributed by atoms with Crippen LogP contribution in [0.1, 0.15) is 40.9 Å². The lowest BCUT2D eigenvalue weighted by Gasteiger charge is -2.29. The first-order chi connectivity index (χ1) is 11.0. The molecule has 1 aliphatic rings. The molecule has 1 amide bonds. The number of aliphatic imine (C=N–C) groups is 1. The molecule has 2 aromatic rings. The Balaban J connectivity index is 1.81. The van der Waals surface area contributed by atoms with Gasteiger partial charge in [0.2, 0.25) is 0 Å². The van der Waals surface area contributed by atoms with Gasteiger partial charge in [-0.2, -0.15) is 0 Å². The van der Waals surface area contributed by atoms with Crippen molar-refractivity contribution >= 4 is 11.7 Å². The summed E-state index contributed by atoms with van der Waals surface area (Å²) in [7, 11) is 0. The van der Waals surface area contributed by atoms with Gasteiger partial charge in [-0.1, -0.05) is 42.5 Å². The summed E-state index contributed by atoms with van der Waals surface area (Å²) in [6, 6.07) is 15.7. The van der Waals surface area contributed by atoms with Crippen LogP contribution in [-0.2, 0) is 6.42 Å². The van der Waals surface area contributed by atoms with Gasteiger partial charge >= 0.3 is 0 Å². The summed E-state index contributed by atoms with van der Waals surface area (Å²) in [4.78, 5) is 17.1. The van der Waals surface area contributed by atoms with Gasteiger partial charge < -0.3 is 0 Å². The van der Waals surface area contributed by atoms with E-state index in [1.165, 1.54) is 5.56 Å². The van der Waals surface area contributed by atoms with E-state index < -0.39 is 0 Å². The predicted molar refractivity (Wildman–Crippen MR) is 92.5 cm³/mol. The number of rotatable bonds is 1. The van der Waals surface area contributed by atoms with Crippen molar-refractivity contribution in [2.75, 3.05) is 0 Å². The Morgan fingerprint density at radius 1 is 1.09 bits per heavy atom. The fraction of sp³-hybridized carbons (Fsp3) is 0.263. The average Bonchev–Trinajstić information content (AvgIpc) is 2.51. The first-order valence-corrected chi connectivity index (χ1v) is 7.76. The van der Waals surface area contributed by atoms with Crippen molar-refractivity contribution in [3.8, 4) is 0 Å². The highest BCUT2D eigenvalue weighted by atomic mass is 16.2. The molecule has 0 radical (unpaired) electrons. The first kappa shape index (κ1) is 15.3. The van der Waals surface area contributed by atoms with Crippen molar-refractivity contribution < 1.29 is 4.79 Å². The predicted octanol–water partition coefficient (Wildman–Crippen LogP) is 3.01. The van der Waals surface area contributed by atoms with Gasteiger partial charge in [0, 0.05) is 11.1 Å². The largest absolute Gasteiger partial charge is 0.281 e. The van der Waals surface area contributed by atoms with Gasteiger partial charge in [-0.25, -0.2) is 0 Å². The average molecular weight is 307 g/mol. The Bertz CT molecular complexity index is 778. The summed E-state index contributed by atoms with van der Waals surface area (Å²) in [5.74, 6) is 0.547. The van der Waals surface area contributed by atoms with Gasteiger partial charge in [-0.15, -0.1) is 0 Å². The molecule has 0 atom stereocenters. The molecule has 0 aliphatic carbocycles. The number of carbonyl (C=O) groups is 1. The maximum absolute atomic E-state index is 12.4. The summed E-state index contributed by atoms with van der Waals surface area (Å²) < 4.78 is 0. The van der Waals surface area contributed by atoms with Crippen LogP contribution in [-0.4, -0.2) is 17.3 Å². The van der Waals surface area contributed by atoms with E-state index >= 15 is 0 Å². The lowest BCUT2D eigenvalue weighted by atomic mass is 9.89. The van der Waals surface area contributed by atoms with Crippen LogP contribution in [0.3, 0.4) is 0 Å². The number of carbonyl (C=O) groups excluding carboxylic acids is 1. The van der Waals surface area contributed by atoms with Crippen LogP contribution >= 0.6 is 0 Å². The van der Waals surface area contributed by atoms with E-state index in [0.29, 0.717) is 11.4 Å². The van der Waals surface area contributed by atoms with Gasteiger partial charge in [0.1, 0.15) is 5.84 Å². The van der Waals surface area contributed by atoms with Crippen LogP contribution in [0.2, 0.25) is 0 Å². The molecule has 0 unspecified atom stereocenters. The maximum atomic E-state index is 12.4. The van der Waals surface area contributed by atoms with E-state index in [1.54, 1.807) is 0 Å². The van der Waals surface area contributed by atoms with Gasteiger partial charge in [0.15, 0.2) is 0 Å². The summed E-state index contributed by atoms with van der Waals surface area (Å²) >= 11 is 0. The minimum Gasteiger partial charge on any atom is -0.281 e. The Morgan fingerprint density at radius 3 is 2.57 bits per heavy atom. The van der Waals surface area contributed by atoms with Crippen molar-refractivity contribution in [1.82, 2.24) is 10.9 Å². The number of hydrogen-bond acceptors (Lipinski definition) is 3. The third kappa shape index (κ3) is 3.26. The molecular formula is C19H21N3O. The van der Waals surface area contributed by atoms with Crippen LogP contribution in [0.4, 0.5) is 0 Å². The van der Waals surface area contributed by atoms with E-state index in [4.69, 9.17) is 4.99 Å². The van der Waals surface area contributed by atoms with Gasteiger partial charge in [-0.3, -0.25) is 20.6 Å². The van der Waals surface area contributed by atoms with E-state index in [1.807, 2.05) is 49.4 Å². The number of amidine groups is 1. The van der Waals surface area contributed by atoms with Gasteiger partial charge in [-0.05, 0) is 44.4 Å². The number of aryl methyl sites for hydroxylation is 1. The highest BCUT2D eigenvalue weighted by Gasteiger charge is 2.26. The Labute approximate surface area is 136 Å². The quantitative estimate of drug-likeness (QED) is 0.796. The molecule has 118 valence electrons. The number of nitrogens with zero attached hydrogens (tertiary/aromatic N) is 1. The molecule has 4 nitrogen and oxygen atoms in total. The van der Waals surface area contributed by atoms with Crippen LogP contribution < -0.4 is 10.9 Å². The van der Waals surface area contributed by atoms with Gasteiger partial charge in [0.25, 0.3) is 5.91 Å². The molecule has 2 N–H and O–H groups in total. The molecule has 0 spiro atoms. The third-order valence-corrected chi connectivity index (χ3v) is 3.99. The second-order valence-corrected chi connectivity index (χ2v) is 6.50. The van der Waals surface area contributed by atoms with Crippen molar-refractivity contribution in [3.63, 3.8) is 0 Å². The number of hydrazine groups is 1. The molecule has 23 heavy (non-hydrogen) atoms. The molecule has 0 fully saturated rings. The number of benzene rings is 2. The second kappa shape index (κ2) is 5.88. The molecular weight excluding hydrogens is 286 g/mol. The SMILES string of the molecule is Cc1ccccc1C(=O)NNC1=NC(C)(C)Cc2ccccc21. The minimum absolute atomic E-state index is 0.160. The highest BCUT2D eigenvalue weighted by Crippen LogP contribution is 2.25. The van der Waals surface area contributed by atoms with Crippen molar-refractivity contribution in [2.24, 2.45) is 4.99 Å². The molecule has 0 saturated carbocycles. The smallest absolute Gasteiger partial charge is 0.269 e. The molecule has 4 heteroatoms. The van der Waals surface area contributed by atoms with E-state index in [2.05, 4.69) is 30.8 Å². The summed E-state index contributed by atoms with van der Waals surface area (Å²) in [6.07, 6.45) is 0.889. The Morgan fingerprint density at radius 2 is 1.78 bits per heavy atom. The Kier molecular flexibility index (Phi) is 3.90. The number of fused-ring (bicyclic) bond motifs is 1. The lowest BCUT2D eigenvalue weighted by Crippen LogP contribution is -2.45. The molecule has 1 aliphatic heterocycles. The van der Waals surface area contributed by atoms with Crippen LogP contribution in [0.25, 0.3) is 0 Å². The van der Waals surface area contributed by atoms with Crippen molar-refractivity contribution in [3.05, 3.63) is 70.8 Å². The molecule has 2 aromatic carbocycles.